The van der Waals surface area contributed by atoms with Gasteiger partial charge in [-0.15, -0.1) is 0 Å². The minimum Gasteiger partial charge on any atom is -0.450 e. The van der Waals surface area contributed by atoms with E-state index in [1.54, 1.807) is 20.0 Å². The number of amides is 1. The first kappa shape index (κ1) is 14.0. The molecule has 0 radical (unpaired) electrons. The Bertz CT molecular complexity index is 403. The van der Waals surface area contributed by atoms with Crippen LogP contribution < -0.4 is 5.32 Å². The van der Waals surface area contributed by atoms with E-state index in [0.717, 1.165) is 0 Å². The van der Waals surface area contributed by atoms with Crippen molar-refractivity contribution in [3.63, 3.8) is 0 Å². The predicted octanol–water partition coefficient (Wildman–Crippen LogP) is 1.18. The van der Waals surface area contributed by atoms with Gasteiger partial charge in [0, 0.05) is 19.2 Å². The van der Waals surface area contributed by atoms with Crippen molar-refractivity contribution in [1.82, 2.24) is 14.9 Å². The molecule has 1 heterocycles. The van der Waals surface area contributed by atoms with E-state index in [1.807, 2.05) is 0 Å². The molecule has 1 rings (SSSR count). The summed E-state index contributed by atoms with van der Waals surface area (Å²) in [4.78, 5) is 26.4. The molecule has 0 aliphatic rings. The predicted molar refractivity (Wildman–Crippen MR) is 63.4 cm³/mol. The number of rotatable bonds is 5. The van der Waals surface area contributed by atoms with Gasteiger partial charge in [0.25, 0.3) is 0 Å². The van der Waals surface area contributed by atoms with Gasteiger partial charge in [0.1, 0.15) is 6.33 Å². The van der Waals surface area contributed by atoms with E-state index >= 15 is 0 Å². The Labute approximate surface area is 105 Å². The summed E-state index contributed by atoms with van der Waals surface area (Å²) in [6.07, 6.45) is 2.56. The zero-order chi connectivity index (χ0) is 13.4. The summed E-state index contributed by atoms with van der Waals surface area (Å²) in [7, 11) is 0. The number of carbonyl (C=O) groups excluding carboxylic acids is 2. The number of nitrogens with one attached hydrogen (secondary N) is 1. The third-order valence-electron chi connectivity index (χ3n) is 2.04. The monoisotopic (exact) mass is 255 g/mol. The number of carbonyl (C=O) groups is 2. The van der Waals surface area contributed by atoms with E-state index in [-0.39, 0.29) is 0 Å². The van der Waals surface area contributed by atoms with Crippen molar-refractivity contribution in [3.8, 4) is 0 Å². The van der Waals surface area contributed by atoms with Gasteiger partial charge in [-0.2, -0.15) is 0 Å². The summed E-state index contributed by atoms with van der Waals surface area (Å²) in [5, 5.41) is 2.57. The van der Waals surface area contributed by atoms with Gasteiger partial charge in [-0.05, 0) is 13.8 Å². The molecule has 100 valence electrons. The lowest BCUT2D eigenvalue weighted by atomic mass is 10.3. The van der Waals surface area contributed by atoms with Gasteiger partial charge in [-0.25, -0.2) is 19.1 Å². The van der Waals surface area contributed by atoms with E-state index in [9.17, 15) is 9.59 Å². The molecule has 0 aliphatic carbocycles. The summed E-state index contributed by atoms with van der Waals surface area (Å²) >= 11 is 0. The molecule has 0 bridgehead atoms. The Morgan fingerprint density at radius 2 is 2.06 bits per heavy atom. The molecule has 0 unspecified atom stereocenters. The summed E-state index contributed by atoms with van der Waals surface area (Å²) in [5.74, 6) is 0. The lowest BCUT2D eigenvalue weighted by Gasteiger charge is -2.03. The number of alkyl carbamates (subject to hydrolysis) is 1. The molecule has 0 fully saturated rings. The smallest absolute Gasteiger partial charge is 0.419 e. The van der Waals surface area contributed by atoms with Crippen LogP contribution in [0.15, 0.2) is 12.5 Å². The SMILES string of the molecule is CCOC(=O)NCCc1cn(C(=O)OCC)cn1. The summed E-state index contributed by atoms with van der Waals surface area (Å²) in [5.41, 5.74) is 0.694. The van der Waals surface area contributed by atoms with Crippen molar-refractivity contribution in [2.24, 2.45) is 0 Å². The quantitative estimate of drug-likeness (QED) is 0.854. The van der Waals surface area contributed by atoms with Gasteiger partial charge in [-0.1, -0.05) is 0 Å². The highest BCUT2D eigenvalue weighted by molar-refractivity contribution is 5.70. The van der Waals surface area contributed by atoms with Crippen LogP contribution in [-0.2, 0) is 15.9 Å². The number of imidazole rings is 1. The molecule has 1 aromatic heterocycles. The number of ether oxygens (including phenoxy) is 2. The number of hydrogen-bond acceptors (Lipinski definition) is 5. The lowest BCUT2D eigenvalue weighted by Crippen LogP contribution is -2.26. The molecule has 7 nitrogen and oxygen atoms in total. The molecular formula is C11H17N3O4. The largest absolute Gasteiger partial charge is 0.450 e. The Morgan fingerprint density at radius 1 is 1.33 bits per heavy atom. The molecule has 0 saturated carbocycles. The second-order valence-corrected chi connectivity index (χ2v) is 3.37. The van der Waals surface area contributed by atoms with Crippen molar-refractivity contribution in [2.75, 3.05) is 19.8 Å². The molecule has 1 aromatic rings. The van der Waals surface area contributed by atoms with Crippen LogP contribution in [0.3, 0.4) is 0 Å². The molecule has 1 amide bonds. The van der Waals surface area contributed by atoms with Gasteiger partial charge in [0.2, 0.25) is 0 Å². The molecule has 0 aliphatic heterocycles. The summed E-state index contributed by atoms with van der Waals surface area (Å²) in [6.45, 7) is 4.53. The van der Waals surface area contributed by atoms with Crippen molar-refractivity contribution >= 4 is 12.2 Å². The maximum absolute atomic E-state index is 11.3. The van der Waals surface area contributed by atoms with E-state index in [0.29, 0.717) is 31.9 Å². The molecule has 0 spiro atoms. The van der Waals surface area contributed by atoms with E-state index in [4.69, 9.17) is 9.47 Å². The lowest BCUT2D eigenvalue weighted by molar-refractivity contribution is 0.151. The highest BCUT2D eigenvalue weighted by Crippen LogP contribution is 1.98. The Morgan fingerprint density at radius 3 is 2.72 bits per heavy atom. The van der Waals surface area contributed by atoms with Crippen molar-refractivity contribution < 1.29 is 19.1 Å². The van der Waals surface area contributed by atoms with Gasteiger partial charge in [0.15, 0.2) is 0 Å². The van der Waals surface area contributed by atoms with Crippen LogP contribution in [0.5, 0.6) is 0 Å². The average molecular weight is 255 g/mol. The Hall–Kier alpha value is -2.05. The minimum absolute atomic E-state index is 0.316. The van der Waals surface area contributed by atoms with Crippen LogP contribution in [-0.4, -0.2) is 41.5 Å². The third kappa shape index (κ3) is 4.44. The number of nitrogens with zero attached hydrogens (tertiary/aromatic N) is 2. The van der Waals surface area contributed by atoms with Gasteiger partial charge < -0.3 is 14.8 Å². The van der Waals surface area contributed by atoms with Gasteiger partial charge >= 0.3 is 12.2 Å². The standard InChI is InChI=1S/C11H17N3O4/c1-3-17-10(15)12-6-5-9-7-14(8-13-9)11(16)18-4-2/h7-8H,3-6H2,1-2H3,(H,12,15). The first-order valence-electron chi connectivity index (χ1n) is 5.78. The molecular weight excluding hydrogens is 238 g/mol. The van der Waals surface area contributed by atoms with Crippen molar-refractivity contribution in [3.05, 3.63) is 18.2 Å². The maximum atomic E-state index is 11.3. The van der Waals surface area contributed by atoms with Crippen molar-refractivity contribution in [2.45, 2.75) is 20.3 Å². The van der Waals surface area contributed by atoms with E-state index < -0.39 is 12.2 Å². The molecule has 0 aromatic carbocycles. The molecule has 0 saturated heterocycles. The fourth-order valence-electron chi connectivity index (χ4n) is 1.27. The first-order valence-corrected chi connectivity index (χ1v) is 5.78. The molecule has 0 atom stereocenters. The minimum atomic E-state index is -0.463. The first-order chi connectivity index (χ1) is 8.67. The highest BCUT2D eigenvalue weighted by Gasteiger charge is 2.07. The normalized spacial score (nSPS) is 9.89. The Kier molecular flexibility index (Phi) is 5.69. The molecule has 1 N–H and O–H groups in total. The van der Waals surface area contributed by atoms with Gasteiger partial charge in [0.05, 0.1) is 18.9 Å². The van der Waals surface area contributed by atoms with E-state index in [1.165, 1.54) is 10.9 Å². The zero-order valence-corrected chi connectivity index (χ0v) is 10.5. The number of hydrogen-bond donors (Lipinski definition) is 1. The zero-order valence-electron chi connectivity index (χ0n) is 10.5. The average Bonchev–Trinajstić information content (AvgIpc) is 2.78. The second kappa shape index (κ2) is 7.31. The number of aromatic nitrogens is 2. The van der Waals surface area contributed by atoms with Crippen LogP contribution in [0.25, 0.3) is 0 Å². The van der Waals surface area contributed by atoms with Crippen LogP contribution in [0.2, 0.25) is 0 Å². The fraction of sp³-hybridized carbons (Fsp3) is 0.545. The van der Waals surface area contributed by atoms with Crippen LogP contribution in [0, 0.1) is 0 Å². The molecule has 7 heteroatoms. The molecule has 18 heavy (non-hydrogen) atoms. The third-order valence-corrected chi connectivity index (χ3v) is 2.04. The van der Waals surface area contributed by atoms with Crippen LogP contribution in [0.4, 0.5) is 9.59 Å². The Balaban J connectivity index is 2.35. The summed E-state index contributed by atoms with van der Waals surface area (Å²) < 4.78 is 10.8. The van der Waals surface area contributed by atoms with Crippen LogP contribution >= 0.6 is 0 Å². The topological polar surface area (TPSA) is 82.5 Å². The second-order valence-electron chi connectivity index (χ2n) is 3.37. The van der Waals surface area contributed by atoms with Gasteiger partial charge in [-0.3, -0.25) is 0 Å². The van der Waals surface area contributed by atoms with Crippen LogP contribution in [0.1, 0.15) is 19.5 Å². The summed E-state index contributed by atoms with van der Waals surface area (Å²) in [6, 6.07) is 0. The fourth-order valence-corrected chi connectivity index (χ4v) is 1.27. The maximum Gasteiger partial charge on any atom is 0.419 e. The highest BCUT2D eigenvalue weighted by atomic mass is 16.6. The van der Waals surface area contributed by atoms with E-state index in [2.05, 4.69) is 10.3 Å². The van der Waals surface area contributed by atoms with Crippen molar-refractivity contribution in [1.29, 1.82) is 0 Å².